The Balaban J connectivity index is 2.18. The molecule has 1 unspecified atom stereocenters. The van der Waals surface area contributed by atoms with Crippen LogP contribution in [0.1, 0.15) is 71.1 Å². The molecule has 0 aromatic carbocycles. The molecule has 1 fully saturated rings. The molecule has 0 heterocycles. The highest BCUT2D eigenvalue weighted by Crippen LogP contribution is 2.28. The summed E-state index contributed by atoms with van der Waals surface area (Å²) in [5, 5.41) is 3.70. The fourth-order valence-corrected chi connectivity index (χ4v) is 2.93. The highest BCUT2D eigenvalue weighted by Gasteiger charge is 2.15. The van der Waals surface area contributed by atoms with Crippen LogP contribution < -0.4 is 5.32 Å². The molecule has 0 radical (unpaired) electrons. The predicted molar refractivity (Wildman–Crippen MR) is 77.3 cm³/mol. The van der Waals surface area contributed by atoms with E-state index in [9.17, 15) is 0 Å². The van der Waals surface area contributed by atoms with E-state index in [0.29, 0.717) is 0 Å². The summed E-state index contributed by atoms with van der Waals surface area (Å²) in [6.45, 7) is 7.26. The molecule has 1 heteroatoms. The van der Waals surface area contributed by atoms with Gasteiger partial charge in [-0.2, -0.15) is 0 Å². The Morgan fingerprint density at radius 3 is 2.65 bits per heavy atom. The molecule has 0 aromatic rings. The molecule has 0 saturated heterocycles. The normalized spacial score (nSPS) is 19.1. The monoisotopic (exact) mass is 237 g/mol. The molecule has 1 N–H and O–H groups in total. The molecule has 1 aliphatic carbocycles. The van der Waals surface area contributed by atoms with Crippen molar-refractivity contribution in [3.8, 4) is 0 Å². The second-order valence-corrected chi connectivity index (χ2v) is 5.60. The number of nitrogens with one attached hydrogen (secondary N) is 1. The summed E-state index contributed by atoms with van der Waals surface area (Å²) in [7, 11) is 0. The minimum Gasteiger partial charge on any atom is -0.314 e. The molecule has 0 spiro atoms. The van der Waals surface area contributed by atoms with Crippen molar-refractivity contribution >= 4 is 0 Å². The molecule has 1 atom stereocenters. The van der Waals surface area contributed by atoms with Crippen LogP contribution in [0.5, 0.6) is 0 Å². The molecule has 0 aromatic heterocycles. The summed E-state index contributed by atoms with van der Waals surface area (Å²) in [5.74, 6) is 1.03. The topological polar surface area (TPSA) is 12.0 Å². The van der Waals surface area contributed by atoms with E-state index < -0.39 is 0 Å². The van der Waals surface area contributed by atoms with Crippen LogP contribution in [-0.2, 0) is 0 Å². The van der Waals surface area contributed by atoms with E-state index >= 15 is 0 Å². The average molecular weight is 237 g/mol. The quantitative estimate of drug-likeness (QED) is 0.574. The molecule has 100 valence electrons. The molecule has 1 saturated carbocycles. The highest BCUT2D eigenvalue weighted by atomic mass is 14.9. The Labute approximate surface area is 108 Å². The van der Waals surface area contributed by atoms with Gasteiger partial charge in [-0.1, -0.05) is 45.1 Å². The lowest BCUT2D eigenvalue weighted by molar-refractivity contribution is 0.309. The maximum Gasteiger partial charge on any atom is 0.00701 e. The van der Waals surface area contributed by atoms with Crippen molar-refractivity contribution in [1.29, 1.82) is 0 Å². The minimum atomic E-state index is 0.731. The van der Waals surface area contributed by atoms with E-state index in [1.54, 1.807) is 0 Å². The van der Waals surface area contributed by atoms with Crippen LogP contribution in [0.25, 0.3) is 0 Å². The van der Waals surface area contributed by atoms with E-state index in [4.69, 9.17) is 0 Å². The van der Waals surface area contributed by atoms with Gasteiger partial charge in [0.1, 0.15) is 0 Å². The van der Waals surface area contributed by atoms with Gasteiger partial charge in [-0.25, -0.2) is 0 Å². The summed E-state index contributed by atoms with van der Waals surface area (Å²) >= 11 is 0. The third kappa shape index (κ3) is 6.88. The Bertz CT molecular complexity index is 182. The first-order valence-corrected chi connectivity index (χ1v) is 7.71. The van der Waals surface area contributed by atoms with Gasteiger partial charge in [0.25, 0.3) is 0 Å². The van der Waals surface area contributed by atoms with Crippen molar-refractivity contribution in [2.45, 2.75) is 77.2 Å². The molecular formula is C16H31N. The molecule has 17 heavy (non-hydrogen) atoms. The molecule has 1 aliphatic rings. The van der Waals surface area contributed by atoms with Gasteiger partial charge in [-0.15, -0.1) is 6.58 Å². The maximum atomic E-state index is 3.84. The van der Waals surface area contributed by atoms with Crippen LogP contribution in [0.15, 0.2) is 12.7 Å². The Morgan fingerprint density at radius 2 is 2.00 bits per heavy atom. The third-order valence-electron chi connectivity index (χ3n) is 4.05. The van der Waals surface area contributed by atoms with Crippen molar-refractivity contribution in [3.05, 3.63) is 12.7 Å². The lowest BCUT2D eigenvalue weighted by Gasteiger charge is -2.24. The van der Waals surface area contributed by atoms with Crippen LogP contribution in [-0.4, -0.2) is 12.6 Å². The smallest absolute Gasteiger partial charge is 0.00701 e. The largest absolute Gasteiger partial charge is 0.314 e. The minimum absolute atomic E-state index is 0.731. The third-order valence-corrected chi connectivity index (χ3v) is 4.05. The summed E-state index contributed by atoms with van der Waals surface area (Å²) in [6, 6.07) is 0.731. The average Bonchev–Trinajstić information content (AvgIpc) is 2.39. The van der Waals surface area contributed by atoms with E-state index in [1.165, 1.54) is 64.3 Å². The fourth-order valence-electron chi connectivity index (χ4n) is 2.93. The van der Waals surface area contributed by atoms with Gasteiger partial charge in [-0.05, 0) is 44.6 Å². The Hall–Kier alpha value is -0.300. The van der Waals surface area contributed by atoms with Gasteiger partial charge in [0.05, 0.1) is 0 Å². The van der Waals surface area contributed by atoms with Crippen LogP contribution in [0, 0.1) is 5.92 Å². The van der Waals surface area contributed by atoms with Gasteiger partial charge in [0.2, 0.25) is 0 Å². The first kappa shape index (κ1) is 14.8. The lowest BCUT2D eigenvalue weighted by atomic mass is 9.85. The van der Waals surface area contributed by atoms with Gasteiger partial charge >= 0.3 is 0 Å². The fraction of sp³-hybridized carbons (Fsp3) is 0.875. The van der Waals surface area contributed by atoms with E-state index in [2.05, 4.69) is 24.9 Å². The molecule has 0 amide bonds. The number of allylic oxidation sites excluding steroid dienone is 1. The predicted octanol–water partition coefficient (Wildman–Crippen LogP) is 4.68. The number of rotatable bonds is 9. The lowest BCUT2D eigenvalue weighted by Crippen LogP contribution is -2.30. The van der Waals surface area contributed by atoms with E-state index in [1.807, 2.05) is 0 Å². The second-order valence-electron chi connectivity index (χ2n) is 5.60. The molecule has 0 aliphatic heterocycles. The molecule has 1 rings (SSSR count). The highest BCUT2D eigenvalue weighted by molar-refractivity contribution is 4.76. The summed E-state index contributed by atoms with van der Waals surface area (Å²) in [5.41, 5.74) is 0. The van der Waals surface area contributed by atoms with Crippen molar-refractivity contribution in [1.82, 2.24) is 5.32 Å². The number of hydrogen-bond acceptors (Lipinski definition) is 1. The van der Waals surface area contributed by atoms with Gasteiger partial charge in [0, 0.05) is 6.04 Å². The van der Waals surface area contributed by atoms with Crippen LogP contribution in [0.4, 0.5) is 0 Å². The first-order valence-electron chi connectivity index (χ1n) is 7.71. The zero-order valence-electron chi connectivity index (χ0n) is 11.7. The first-order chi connectivity index (χ1) is 8.36. The van der Waals surface area contributed by atoms with Crippen molar-refractivity contribution in [3.63, 3.8) is 0 Å². The van der Waals surface area contributed by atoms with E-state index in [-0.39, 0.29) is 0 Å². The second kappa shape index (κ2) is 9.70. The van der Waals surface area contributed by atoms with E-state index in [0.717, 1.165) is 18.4 Å². The molecular weight excluding hydrogens is 206 g/mol. The van der Waals surface area contributed by atoms with Crippen LogP contribution >= 0.6 is 0 Å². The summed E-state index contributed by atoms with van der Waals surface area (Å²) in [6.07, 6.45) is 16.0. The number of hydrogen-bond donors (Lipinski definition) is 1. The van der Waals surface area contributed by atoms with Crippen molar-refractivity contribution < 1.29 is 0 Å². The Kier molecular flexibility index (Phi) is 8.42. The van der Waals surface area contributed by atoms with Gasteiger partial charge in [0.15, 0.2) is 0 Å². The van der Waals surface area contributed by atoms with Gasteiger partial charge in [-0.3, -0.25) is 0 Å². The summed E-state index contributed by atoms with van der Waals surface area (Å²) in [4.78, 5) is 0. The molecule has 1 nitrogen and oxygen atoms in total. The standard InChI is InChI=1S/C16H31N/c1-3-5-11-16(17-14-4-2)13-12-15-9-7-6-8-10-15/h3,15-17H,1,4-14H2,2H3. The Morgan fingerprint density at radius 1 is 1.24 bits per heavy atom. The zero-order valence-corrected chi connectivity index (χ0v) is 11.7. The van der Waals surface area contributed by atoms with Crippen molar-refractivity contribution in [2.75, 3.05) is 6.54 Å². The molecule has 0 bridgehead atoms. The maximum absolute atomic E-state index is 3.84. The summed E-state index contributed by atoms with van der Waals surface area (Å²) < 4.78 is 0. The van der Waals surface area contributed by atoms with Crippen LogP contribution in [0.3, 0.4) is 0 Å². The van der Waals surface area contributed by atoms with Gasteiger partial charge < -0.3 is 5.32 Å². The SMILES string of the molecule is C=CCCC(CCC1CCCCC1)NCCC. The zero-order chi connectivity index (χ0) is 12.3. The van der Waals surface area contributed by atoms with Crippen LogP contribution in [0.2, 0.25) is 0 Å². The van der Waals surface area contributed by atoms with Crippen molar-refractivity contribution in [2.24, 2.45) is 5.92 Å².